The van der Waals surface area contributed by atoms with Crippen LogP contribution in [0.15, 0.2) is 72.8 Å². The van der Waals surface area contributed by atoms with Crippen LogP contribution in [0, 0.1) is 20.8 Å². The number of carbonyl (C=O) groups is 1. The van der Waals surface area contributed by atoms with Gasteiger partial charge in [0.1, 0.15) is 0 Å². The van der Waals surface area contributed by atoms with Crippen LogP contribution in [-0.2, 0) is 4.79 Å². The third kappa shape index (κ3) is 4.04. The molecular weight excluding hydrogens is 417 g/mol. The zero-order valence-electron chi connectivity index (χ0n) is 18.0. The molecule has 0 atom stereocenters. The molecule has 150 valence electrons. The van der Waals surface area contributed by atoms with E-state index in [-0.39, 0.29) is 10.7 Å². The van der Waals surface area contributed by atoms with E-state index in [4.69, 9.17) is 0 Å². The number of hydrogen-bond acceptors (Lipinski definition) is 1. The number of benzene rings is 3. The van der Waals surface area contributed by atoms with Crippen molar-refractivity contribution in [2.45, 2.75) is 45.3 Å². The topological polar surface area (TPSA) is 37.3 Å². The molecular formula is C26H30GeO2. The molecule has 0 aromatic heterocycles. The van der Waals surface area contributed by atoms with Crippen LogP contribution in [0.25, 0.3) is 0 Å². The van der Waals surface area contributed by atoms with E-state index in [1.165, 1.54) is 29.9 Å². The molecule has 2 nitrogen and oxygen atoms in total. The van der Waals surface area contributed by atoms with Crippen molar-refractivity contribution in [2.24, 2.45) is 0 Å². The molecule has 0 heterocycles. The first-order valence-electron chi connectivity index (χ1n) is 10.1. The van der Waals surface area contributed by atoms with Crippen LogP contribution < -0.4 is 13.2 Å². The molecule has 0 unspecified atom stereocenters. The van der Waals surface area contributed by atoms with Crippen molar-refractivity contribution in [3.63, 3.8) is 0 Å². The summed E-state index contributed by atoms with van der Waals surface area (Å²) in [5.74, 6) is -0.740. The molecule has 0 aliphatic heterocycles. The maximum absolute atomic E-state index is 11.9. The second-order valence-corrected chi connectivity index (χ2v) is 18.4. The maximum atomic E-state index is 11.9. The molecule has 1 N–H and O–H groups in total. The number of carboxylic acids is 1. The molecule has 3 aromatic carbocycles. The molecule has 0 bridgehead atoms. The molecule has 0 spiro atoms. The van der Waals surface area contributed by atoms with Crippen molar-refractivity contribution in [1.82, 2.24) is 0 Å². The van der Waals surface area contributed by atoms with Gasteiger partial charge in [0.2, 0.25) is 0 Å². The van der Waals surface area contributed by atoms with Crippen molar-refractivity contribution in [3.05, 3.63) is 89.5 Å². The minimum atomic E-state index is -3.39. The minimum absolute atomic E-state index is 0.141. The SMILES string of the molecule is Cc1cc[c]([Ge]([c]2ccc(C)cc2)([c]2ccc(C)cc2)[C](C)(C)CC(=O)O)cc1. The Hall–Kier alpha value is -2.33. The zero-order chi connectivity index (χ0) is 21.2. The first kappa shape index (κ1) is 21.4. The van der Waals surface area contributed by atoms with Gasteiger partial charge in [-0.3, -0.25) is 0 Å². The van der Waals surface area contributed by atoms with E-state index in [0.29, 0.717) is 0 Å². The number of carboxylic acid groups (broad SMARTS) is 1. The quantitative estimate of drug-likeness (QED) is 0.572. The molecule has 3 rings (SSSR count). The first-order valence-corrected chi connectivity index (χ1v) is 14.3. The van der Waals surface area contributed by atoms with Gasteiger partial charge in [-0.2, -0.15) is 0 Å². The number of rotatable bonds is 6. The summed E-state index contributed by atoms with van der Waals surface area (Å²) in [6, 6.07) is 26.4. The number of aryl methyl sites for hydroxylation is 3. The van der Waals surface area contributed by atoms with Crippen LogP contribution in [0.1, 0.15) is 37.0 Å². The molecule has 0 saturated carbocycles. The van der Waals surface area contributed by atoms with E-state index in [1.54, 1.807) is 0 Å². The fourth-order valence-electron chi connectivity index (χ4n) is 4.59. The van der Waals surface area contributed by atoms with Crippen molar-refractivity contribution in [1.29, 1.82) is 0 Å². The Morgan fingerprint density at radius 2 is 0.966 bits per heavy atom. The predicted octanol–water partition coefficient (Wildman–Crippen LogP) is 4.34. The molecule has 0 fully saturated rings. The molecule has 29 heavy (non-hydrogen) atoms. The van der Waals surface area contributed by atoms with E-state index in [1.807, 2.05) is 0 Å². The molecule has 0 radical (unpaired) electrons. The average molecular weight is 447 g/mol. The summed E-state index contributed by atoms with van der Waals surface area (Å²) >= 11 is -3.39. The Balaban J connectivity index is 2.43. The number of aliphatic carboxylic acids is 1. The van der Waals surface area contributed by atoms with E-state index < -0.39 is 19.2 Å². The normalized spacial score (nSPS) is 12.0. The van der Waals surface area contributed by atoms with Gasteiger partial charge >= 0.3 is 177 Å². The van der Waals surface area contributed by atoms with Crippen molar-refractivity contribution >= 4 is 32.4 Å². The fraction of sp³-hybridized carbons (Fsp3) is 0.269. The Morgan fingerprint density at radius 1 is 0.690 bits per heavy atom. The van der Waals surface area contributed by atoms with Crippen LogP contribution >= 0.6 is 0 Å². The Bertz CT molecular complexity index is 873. The molecule has 0 amide bonds. The van der Waals surface area contributed by atoms with Crippen LogP contribution in [0.4, 0.5) is 0 Å². The van der Waals surface area contributed by atoms with Crippen molar-refractivity contribution < 1.29 is 9.90 Å². The average Bonchev–Trinajstić information content (AvgIpc) is 2.65. The summed E-state index contributed by atoms with van der Waals surface area (Å²) in [5.41, 5.74) is 3.65. The summed E-state index contributed by atoms with van der Waals surface area (Å²) in [6.45, 7) is 10.6. The Labute approximate surface area is 177 Å². The second kappa shape index (κ2) is 8.19. The Morgan fingerprint density at radius 3 is 1.21 bits per heavy atom. The van der Waals surface area contributed by atoms with Gasteiger partial charge in [0, 0.05) is 0 Å². The van der Waals surface area contributed by atoms with Gasteiger partial charge in [0.05, 0.1) is 0 Å². The summed E-state index contributed by atoms with van der Waals surface area (Å²) in [6.07, 6.45) is 0.141. The first-order chi connectivity index (χ1) is 13.7. The monoisotopic (exact) mass is 448 g/mol. The van der Waals surface area contributed by atoms with E-state index >= 15 is 0 Å². The van der Waals surface area contributed by atoms with Gasteiger partial charge < -0.3 is 0 Å². The van der Waals surface area contributed by atoms with Crippen LogP contribution in [0.3, 0.4) is 0 Å². The Kier molecular flexibility index (Phi) is 6.04. The van der Waals surface area contributed by atoms with E-state index in [0.717, 1.165) is 0 Å². The van der Waals surface area contributed by atoms with Gasteiger partial charge in [0.25, 0.3) is 0 Å². The third-order valence-corrected chi connectivity index (χ3v) is 18.2. The molecule has 3 heteroatoms. The zero-order valence-corrected chi connectivity index (χ0v) is 20.1. The van der Waals surface area contributed by atoms with E-state index in [2.05, 4.69) is 107 Å². The van der Waals surface area contributed by atoms with Crippen LogP contribution in [-0.4, -0.2) is 24.3 Å². The molecule has 0 aliphatic carbocycles. The van der Waals surface area contributed by atoms with Gasteiger partial charge in [-0.05, 0) is 0 Å². The summed E-state index contributed by atoms with van der Waals surface area (Å²) in [7, 11) is 0. The van der Waals surface area contributed by atoms with Gasteiger partial charge in [0.15, 0.2) is 0 Å². The van der Waals surface area contributed by atoms with E-state index in [9.17, 15) is 9.90 Å². The summed E-state index contributed by atoms with van der Waals surface area (Å²) in [5, 5.41) is 9.82. The van der Waals surface area contributed by atoms with Crippen LogP contribution in [0.5, 0.6) is 0 Å². The van der Waals surface area contributed by atoms with Crippen LogP contribution in [0.2, 0.25) is 4.25 Å². The second-order valence-electron chi connectivity index (χ2n) is 8.80. The van der Waals surface area contributed by atoms with Gasteiger partial charge in [-0.25, -0.2) is 0 Å². The van der Waals surface area contributed by atoms with Gasteiger partial charge in [-0.15, -0.1) is 0 Å². The summed E-state index contributed by atoms with van der Waals surface area (Å²) < 4.78 is 3.52. The van der Waals surface area contributed by atoms with Gasteiger partial charge in [-0.1, -0.05) is 0 Å². The van der Waals surface area contributed by atoms with Crippen molar-refractivity contribution in [3.8, 4) is 0 Å². The third-order valence-electron chi connectivity index (χ3n) is 6.06. The predicted molar refractivity (Wildman–Crippen MR) is 124 cm³/mol. The number of hydrogen-bond donors (Lipinski definition) is 1. The molecule has 0 saturated heterocycles. The summed E-state index contributed by atoms with van der Waals surface area (Å²) in [4.78, 5) is 11.9. The van der Waals surface area contributed by atoms with Crippen molar-refractivity contribution in [2.75, 3.05) is 0 Å². The fourth-order valence-corrected chi connectivity index (χ4v) is 16.7. The standard InChI is InChI=1S/C26H30GeO2/c1-19-6-12-22(13-7-19)27(26(4,5)18-25(28)29,23-14-8-20(2)9-15-23)24-16-10-21(3)11-17-24/h6-17H,18H2,1-5H3,(H,28,29). The molecule has 3 aromatic rings. The molecule has 0 aliphatic rings.